The van der Waals surface area contributed by atoms with Gasteiger partial charge in [-0.3, -0.25) is 9.48 Å². The zero-order chi connectivity index (χ0) is 21.4. The summed E-state index contributed by atoms with van der Waals surface area (Å²) >= 11 is 1.63. The van der Waals surface area contributed by atoms with Crippen LogP contribution in [0.15, 0.2) is 42.7 Å². The Balaban J connectivity index is 1.34. The van der Waals surface area contributed by atoms with Crippen LogP contribution in [0.5, 0.6) is 0 Å². The molecule has 0 spiro atoms. The maximum atomic E-state index is 13.3. The lowest BCUT2D eigenvalue weighted by Crippen LogP contribution is -2.23. The van der Waals surface area contributed by atoms with E-state index in [1.165, 1.54) is 4.88 Å². The first-order valence-electron chi connectivity index (χ1n) is 10.6. The summed E-state index contributed by atoms with van der Waals surface area (Å²) in [6.45, 7) is 2.90. The van der Waals surface area contributed by atoms with E-state index in [4.69, 9.17) is 4.98 Å². The predicted octanol–water partition coefficient (Wildman–Crippen LogP) is 4.20. The maximum absolute atomic E-state index is 13.3. The third kappa shape index (κ3) is 3.83. The van der Waals surface area contributed by atoms with Gasteiger partial charge in [0.15, 0.2) is 11.6 Å². The van der Waals surface area contributed by atoms with E-state index in [2.05, 4.69) is 22.1 Å². The number of ketones is 1. The summed E-state index contributed by atoms with van der Waals surface area (Å²) in [6, 6.07) is 10.0. The fourth-order valence-corrected chi connectivity index (χ4v) is 5.00. The van der Waals surface area contributed by atoms with Gasteiger partial charge in [0.05, 0.1) is 11.8 Å². The molecule has 0 fully saturated rings. The maximum Gasteiger partial charge on any atom is 0.181 e. The normalized spacial score (nSPS) is 15.7. The average Bonchev–Trinajstić information content (AvgIpc) is 3.51. The number of hydrogen-bond donors (Lipinski definition) is 0. The Morgan fingerprint density at radius 3 is 2.84 bits per heavy atom. The van der Waals surface area contributed by atoms with Crippen molar-refractivity contribution in [2.24, 2.45) is 13.0 Å². The Morgan fingerprint density at radius 1 is 1.23 bits per heavy atom. The van der Waals surface area contributed by atoms with E-state index < -0.39 is 0 Å². The SMILES string of the molecule is CCc1cnc(-c2cnn(C)c2C(=O)CC2CCn3nc(-c4ccccc4)nc3C2)s1. The first-order chi connectivity index (χ1) is 15.1. The largest absolute Gasteiger partial charge is 0.292 e. The summed E-state index contributed by atoms with van der Waals surface area (Å²) in [4.78, 5) is 23.7. The van der Waals surface area contributed by atoms with Crippen molar-refractivity contribution < 1.29 is 4.79 Å². The molecule has 0 aliphatic carbocycles. The fourth-order valence-electron chi connectivity index (χ4n) is 4.13. The number of Topliss-reactive ketones (excluding diaryl/α,β-unsaturated/α-hetero) is 1. The number of fused-ring (bicyclic) bond motifs is 1. The van der Waals surface area contributed by atoms with Gasteiger partial charge in [-0.25, -0.2) is 14.6 Å². The van der Waals surface area contributed by atoms with Gasteiger partial charge in [0, 0.05) is 43.1 Å². The van der Waals surface area contributed by atoms with Crippen molar-refractivity contribution in [3.63, 3.8) is 0 Å². The second kappa shape index (κ2) is 8.19. The van der Waals surface area contributed by atoms with Gasteiger partial charge in [-0.1, -0.05) is 37.3 Å². The Bertz CT molecular complexity index is 1220. The van der Waals surface area contributed by atoms with Gasteiger partial charge in [-0.15, -0.1) is 11.3 Å². The van der Waals surface area contributed by atoms with Crippen LogP contribution >= 0.6 is 11.3 Å². The van der Waals surface area contributed by atoms with Gasteiger partial charge in [-0.05, 0) is 18.8 Å². The molecule has 4 heterocycles. The highest BCUT2D eigenvalue weighted by atomic mass is 32.1. The first-order valence-corrected chi connectivity index (χ1v) is 11.4. The number of aromatic nitrogens is 6. The molecule has 0 saturated carbocycles. The third-order valence-corrected chi connectivity index (χ3v) is 6.99. The van der Waals surface area contributed by atoms with Crippen LogP contribution in [0.4, 0.5) is 0 Å². The van der Waals surface area contributed by atoms with Crippen LogP contribution in [0.3, 0.4) is 0 Å². The van der Waals surface area contributed by atoms with Crippen molar-refractivity contribution in [2.75, 3.05) is 0 Å². The Labute approximate surface area is 184 Å². The number of nitrogens with zero attached hydrogens (tertiary/aromatic N) is 6. The Hall–Kier alpha value is -3.13. The van der Waals surface area contributed by atoms with Gasteiger partial charge < -0.3 is 0 Å². The molecule has 7 nitrogen and oxygen atoms in total. The lowest BCUT2D eigenvalue weighted by molar-refractivity contribution is 0.0944. The molecule has 5 rings (SSSR count). The second-order valence-corrected chi connectivity index (χ2v) is 9.06. The minimum Gasteiger partial charge on any atom is -0.292 e. The van der Waals surface area contributed by atoms with E-state index in [-0.39, 0.29) is 11.7 Å². The minimum absolute atomic E-state index is 0.115. The summed E-state index contributed by atoms with van der Waals surface area (Å²) < 4.78 is 3.67. The van der Waals surface area contributed by atoms with Crippen molar-refractivity contribution >= 4 is 17.1 Å². The molecule has 31 heavy (non-hydrogen) atoms. The third-order valence-electron chi connectivity index (χ3n) is 5.81. The Kier molecular flexibility index (Phi) is 5.23. The average molecular weight is 433 g/mol. The summed E-state index contributed by atoms with van der Waals surface area (Å²) in [5.41, 5.74) is 2.50. The fraction of sp³-hybridized carbons (Fsp3) is 0.348. The van der Waals surface area contributed by atoms with Crippen molar-refractivity contribution in [2.45, 2.75) is 39.2 Å². The van der Waals surface area contributed by atoms with E-state index in [1.807, 2.05) is 48.3 Å². The van der Waals surface area contributed by atoms with Crippen LogP contribution in [-0.2, 0) is 26.4 Å². The molecule has 1 aliphatic rings. The van der Waals surface area contributed by atoms with E-state index in [1.54, 1.807) is 22.2 Å². The molecule has 0 bridgehead atoms. The molecule has 1 atom stereocenters. The van der Waals surface area contributed by atoms with Gasteiger partial charge in [0.25, 0.3) is 0 Å². The summed E-state index contributed by atoms with van der Waals surface area (Å²) in [7, 11) is 1.83. The topological polar surface area (TPSA) is 78.5 Å². The number of rotatable bonds is 6. The number of hydrogen-bond acceptors (Lipinski definition) is 6. The molecule has 4 aromatic rings. The van der Waals surface area contributed by atoms with Gasteiger partial charge in [-0.2, -0.15) is 10.2 Å². The summed E-state index contributed by atoms with van der Waals surface area (Å²) in [6.07, 6.45) is 6.74. The minimum atomic E-state index is 0.115. The lowest BCUT2D eigenvalue weighted by atomic mass is 9.91. The van der Waals surface area contributed by atoms with Gasteiger partial charge in [0.1, 0.15) is 16.5 Å². The lowest BCUT2D eigenvalue weighted by Gasteiger charge is -2.21. The molecule has 0 saturated heterocycles. The van der Waals surface area contributed by atoms with E-state index >= 15 is 0 Å². The molecular formula is C23H24N6OS. The summed E-state index contributed by atoms with van der Waals surface area (Å²) in [5.74, 6) is 2.08. The van der Waals surface area contributed by atoms with Crippen LogP contribution in [0.2, 0.25) is 0 Å². The summed E-state index contributed by atoms with van der Waals surface area (Å²) in [5, 5.41) is 9.88. The number of benzene rings is 1. The number of thiazole rings is 1. The second-order valence-electron chi connectivity index (χ2n) is 7.94. The number of carbonyl (C=O) groups is 1. The van der Waals surface area contributed by atoms with Crippen LogP contribution in [0, 0.1) is 5.92 Å². The highest BCUT2D eigenvalue weighted by Gasteiger charge is 2.27. The highest BCUT2D eigenvalue weighted by molar-refractivity contribution is 7.15. The molecule has 1 unspecified atom stereocenters. The van der Waals surface area contributed by atoms with Crippen molar-refractivity contribution in [1.82, 2.24) is 29.5 Å². The quantitative estimate of drug-likeness (QED) is 0.427. The molecule has 0 amide bonds. The van der Waals surface area contributed by atoms with E-state index in [9.17, 15) is 4.79 Å². The van der Waals surface area contributed by atoms with E-state index in [0.717, 1.165) is 53.6 Å². The number of carbonyl (C=O) groups excluding carboxylic acids is 1. The Morgan fingerprint density at radius 2 is 2.06 bits per heavy atom. The van der Waals surface area contributed by atoms with Gasteiger partial charge in [0.2, 0.25) is 0 Å². The van der Waals surface area contributed by atoms with Crippen LogP contribution < -0.4 is 0 Å². The van der Waals surface area contributed by atoms with E-state index in [0.29, 0.717) is 12.1 Å². The van der Waals surface area contributed by atoms with Crippen LogP contribution in [0.1, 0.15) is 41.0 Å². The van der Waals surface area contributed by atoms with Crippen LogP contribution in [0.25, 0.3) is 22.0 Å². The van der Waals surface area contributed by atoms with Crippen LogP contribution in [-0.4, -0.2) is 35.3 Å². The molecule has 3 aromatic heterocycles. The zero-order valence-corrected chi connectivity index (χ0v) is 18.5. The molecule has 1 aromatic carbocycles. The standard InChI is InChI=1S/C23H24N6OS/c1-3-17-13-24-23(31-17)18-14-25-28(2)21(18)19(30)11-15-9-10-29-20(12-15)26-22(27-29)16-7-5-4-6-8-16/h4-8,13-15H,3,9-12H2,1-2H3. The molecule has 0 N–H and O–H groups in total. The van der Waals surface area contributed by atoms with Gasteiger partial charge >= 0.3 is 0 Å². The smallest absolute Gasteiger partial charge is 0.181 e. The molecule has 8 heteroatoms. The first kappa shape index (κ1) is 19.8. The van der Waals surface area contributed by atoms with Crippen molar-refractivity contribution in [1.29, 1.82) is 0 Å². The number of aryl methyl sites for hydroxylation is 3. The monoisotopic (exact) mass is 432 g/mol. The van der Waals surface area contributed by atoms with Crippen molar-refractivity contribution in [3.8, 4) is 22.0 Å². The predicted molar refractivity (Wildman–Crippen MR) is 120 cm³/mol. The molecule has 0 radical (unpaired) electrons. The highest BCUT2D eigenvalue weighted by Crippen LogP contribution is 2.31. The molecular weight excluding hydrogens is 408 g/mol. The zero-order valence-electron chi connectivity index (χ0n) is 17.7. The molecule has 1 aliphatic heterocycles. The molecule has 158 valence electrons. The van der Waals surface area contributed by atoms with Crippen molar-refractivity contribution in [3.05, 3.63) is 59.1 Å².